The van der Waals surface area contributed by atoms with Crippen molar-refractivity contribution in [2.45, 2.75) is 25.8 Å². The van der Waals surface area contributed by atoms with Crippen molar-refractivity contribution in [1.29, 1.82) is 0 Å². The maximum atomic E-state index is 13.4. The lowest BCUT2D eigenvalue weighted by molar-refractivity contribution is 0.0531. The minimum Gasteiger partial charge on any atom is -0.334 e. The topological polar surface area (TPSA) is 46.3 Å². The van der Waals surface area contributed by atoms with E-state index in [4.69, 9.17) is 5.73 Å². The van der Waals surface area contributed by atoms with Crippen molar-refractivity contribution in [3.63, 3.8) is 0 Å². The Labute approximate surface area is 125 Å². The van der Waals surface area contributed by atoms with Gasteiger partial charge in [0, 0.05) is 23.6 Å². The third-order valence-corrected chi connectivity index (χ3v) is 4.51. The van der Waals surface area contributed by atoms with E-state index in [1.165, 1.54) is 0 Å². The van der Waals surface area contributed by atoms with Gasteiger partial charge in [0.1, 0.15) is 0 Å². The molecular weight excluding hydrogens is 330 g/mol. The maximum absolute atomic E-state index is 13.4. The van der Waals surface area contributed by atoms with Gasteiger partial charge in [-0.05, 0) is 46.8 Å². The first-order chi connectivity index (χ1) is 9.45. The Balaban J connectivity index is 2.33. The number of hydrogen-bond donors (Lipinski definition) is 1. The predicted octanol–water partition coefficient (Wildman–Crippen LogP) is 2.93. The fourth-order valence-corrected chi connectivity index (χ4v) is 3.19. The zero-order valence-electron chi connectivity index (χ0n) is 11.2. The van der Waals surface area contributed by atoms with Gasteiger partial charge in [0.25, 0.3) is 5.91 Å². The van der Waals surface area contributed by atoms with E-state index >= 15 is 0 Å². The van der Waals surface area contributed by atoms with Crippen molar-refractivity contribution in [2.75, 3.05) is 13.1 Å². The van der Waals surface area contributed by atoms with Crippen LogP contribution in [-0.4, -0.2) is 29.9 Å². The summed E-state index contributed by atoms with van der Waals surface area (Å²) in [4.78, 5) is 14.2. The molecule has 0 aliphatic carbocycles. The molecule has 6 heteroatoms. The summed E-state index contributed by atoms with van der Waals surface area (Å²) in [6, 6.07) is 1.86. The predicted molar refractivity (Wildman–Crippen MR) is 76.3 cm³/mol. The summed E-state index contributed by atoms with van der Waals surface area (Å²) in [5, 5.41) is 0. The standard InChI is InChI=1S/C14H17BrF2N2O/c1-8-3-2-4-19(13(8)7-18)14(20)9-5-11(16)12(17)6-10(9)15/h5-6,8,13H,2-4,7,18H2,1H3. The first-order valence-electron chi connectivity index (χ1n) is 6.61. The summed E-state index contributed by atoms with van der Waals surface area (Å²) in [5.74, 6) is -2.00. The minimum absolute atomic E-state index is 0.0590. The number of rotatable bonds is 2. The molecule has 1 aliphatic rings. The van der Waals surface area contributed by atoms with E-state index in [1.54, 1.807) is 4.90 Å². The monoisotopic (exact) mass is 346 g/mol. The molecule has 2 unspecified atom stereocenters. The summed E-state index contributed by atoms with van der Waals surface area (Å²) in [5.41, 5.74) is 5.89. The van der Waals surface area contributed by atoms with E-state index in [0.29, 0.717) is 19.0 Å². The normalized spacial score (nSPS) is 22.9. The van der Waals surface area contributed by atoms with Gasteiger partial charge in [0.05, 0.1) is 5.56 Å². The summed E-state index contributed by atoms with van der Waals surface area (Å²) in [6.45, 7) is 3.02. The fraction of sp³-hybridized carbons (Fsp3) is 0.500. The Kier molecular flexibility index (Phi) is 4.75. The van der Waals surface area contributed by atoms with Crippen molar-refractivity contribution < 1.29 is 13.6 Å². The lowest BCUT2D eigenvalue weighted by atomic mass is 9.90. The van der Waals surface area contributed by atoms with Gasteiger partial charge in [-0.3, -0.25) is 4.79 Å². The van der Waals surface area contributed by atoms with Crippen LogP contribution in [0.3, 0.4) is 0 Å². The average Bonchev–Trinajstić information content (AvgIpc) is 2.41. The van der Waals surface area contributed by atoms with Gasteiger partial charge in [-0.1, -0.05) is 6.92 Å². The number of benzene rings is 1. The van der Waals surface area contributed by atoms with Gasteiger partial charge in [-0.2, -0.15) is 0 Å². The second-order valence-electron chi connectivity index (χ2n) is 5.17. The first-order valence-corrected chi connectivity index (χ1v) is 7.40. The number of halogens is 3. The van der Waals surface area contributed by atoms with Crippen LogP contribution >= 0.6 is 15.9 Å². The Morgan fingerprint density at radius 1 is 1.45 bits per heavy atom. The molecule has 3 nitrogen and oxygen atoms in total. The zero-order chi connectivity index (χ0) is 14.9. The summed E-state index contributed by atoms with van der Waals surface area (Å²) < 4.78 is 26.7. The minimum atomic E-state index is -1.02. The molecule has 2 rings (SSSR count). The molecule has 20 heavy (non-hydrogen) atoms. The molecule has 0 spiro atoms. The van der Waals surface area contributed by atoms with Crippen molar-refractivity contribution in [3.8, 4) is 0 Å². The lowest BCUT2D eigenvalue weighted by Crippen LogP contribution is -2.51. The molecule has 1 aliphatic heterocycles. The van der Waals surface area contributed by atoms with Crippen LogP contribution in [0, 0.1) is 17.6 Å². The molecule has 0 radical (unpaired) electrons. The number of nitrogens with zero attached hydrogens (tertiary/aromatic N) is 1. The lowest BCUT2D eigenvalue weighted by Gasteiger charge is -2.39. The molecule has 1 heterocycles. The van der Waals surface area contributed by atoms with Crippen LogP contribution in [0.1, 0.15) is 30.1 Å². The number of likely N-dealkylation sites (tertiary alicyclic amines) is 1. The molecule has 110 valence electrons. The number of piperidine rings is 1. The van der Waals surface area contributed by atoms with Gasteiger partial charge in [0.2, 0.25) is 0 Å². The Hall–Kier alpha value is -1.01. The van der Waals surface area contributed by atoms with E-state index in [9.17, 15) is 13.6 Å². The van der Waals surface area contributed by atoms with Crippen LogP contribution < -0.4 is 5.73 Å². The number of nitrogens with two attached hydrogens (primary N) is 1. The summed E-state index contributed by atoms with van der Waals surface area (Å²) in [6.07, 6.45) is 1.91. The average molecular weight is 347 g/mol. The van der Waals surface area contributed by atoms with Gasteiger partial charge in [-0.15, -0.1) is 0 Å². The van der Waals surface area contributed by atoms with E-state index < -0.39 is 11.6 Å². The van der Waals surface area contributed by atoms with Gasteiger partial charge in [0.15, 0.2) is 11.6 Å². The van der Waals surface area contributed by atoms with E-state index in [-0.39, 0.29) is 22.0 Å². The number of carbonyl (C=O) groups is 1. The second-order valence-corrected chi connectivity index (χ2v) is 6.02. The molecule has 1 fully saturated rings. The molecule has 1 aromatic carbocycles. The van der Waals surface area contributed by atoms with Crippen molar-refractivity contribution >= 4 is 21.8 Å². The van der Waals surface area contributed by atoms with Crippen molar-refractivity contribution in [1.82, 2.24) is 4.90 Å². The van der Waals surface area contributed by atoms with E-state index in [0.717, 1.165) is 25.0 Å². The molecule has 2 N–H and O–H groups in total. The molecule has 0 saturated carbocycles. The Morgan fingerprint density at radius 3 is 2.75 bits per heavy atom. The van der Waals surface area contributed by atoms with Crippen LogP contribution in [0.4, 0.5) is 8.78 Å². The van der Waals surface area contributed by atoms with Gasteiger partial charge in [-0.25, -0.2) is 8.78 Å². The highest BCUT2D eigenvalue weighted by Crippen LogP contribution is 2.27. The number of carbonyl (C=O) groups excluding carboxylic acids is 1. The third-order valence-electron chi connectivity index (χ3n) is 3.86. The first kappa shape index (κ1) is 15.4. The highest BCUT2D eigenvalue weighted by molar-refractivity contribution is 9.10. The van der Waals surface area contributed by atoms with Crippen molar-refractivity contribution in [3.05, 3.63) is 33.8 Å². The smallest absolute Gasteiger partial charge is 0.255 e. The number of hydrogen-bond acceptors (Lipinski definition) is 2. The van der Waals surface area contributed by atoms with Gasteiger partial charge < -0.3 is 10.6 Å². The van der Waals surface area contributed by atoms with Crippen LogP contribution in [0.25, 0.3) is 0 Å². The zero-order valence-corrected chi connectivity index (χ0v) is 12.8. The molecule has 1 saturated heterocycles. The van der Waals surface area contributed by atoms with Gasteiger partial charge >= 0.3 is 0 Å². The SMILES string of the molecule is CC1CCCN(C(=O)c2cc(F)c(F)cc2Br)C1CN. The summed E-state index contributed by atoms with van der Waals surface area (Å²) >= 11 is 3.12. The third kappa shape index (κ3) is 2.86. The Morgan fingerprint density at radius 2 is 2.10 bits per heavy atom. The molecule has 1 aromatic rings. The molecule has 0 bridgehead atoms. The molecule has 1 amide bonds. The van der Waals surface area contributed by atoms with Crippen LogP contribution in [0.2, 0.25) is 0 Å². The highest BCUT2D eigenvalue weighted by atomic mass is 79.9. The summed E-state index contributed by atoms with van der Waals surface area (Å²) in [7, 11) is 0. The second kappa shape index (κ2) is 6.18. The quantitative estimate of drug-likeness (QED) is 0.837. The van der Waals surface area contributed by atoms with Crippen LogP contribution in [0.15, 0.2) is 16.6 Å². The molecular formula is C14H17BrF2N2O. The molecule has 0 aromatic heterocycles. The number of amides is 1. The highest BCUT2D eigenvalue weighted by Gasteiger charge is 2.32. The largest absolute Gasteiger partial charge is 0.334 e. The van der Waals surface area contributed by atoms with Crippen molar-refractivity contribution in [2.24, 2.45) is 11.7 Å². The van der Waals surface area contributed by atoms with E-state index in [2.05, 4.69) is 22.9 Å². The Bertz CT molecular complexity index is 524. The molecule has 2 atom stereocenters. The maximum Gasteiger partial charge on any atom is 0.255 e. The van der Waals surface area contributed by atoms with Crippen LogP contribution in [-0.2, 0) is 0 Å². The fourth-order valence-electron chi connectivity index (χ4n) is 2.70. The van der Waals surface area contributed by atoms with E-state index in [1.807, 2.05) is 0 Å². The van der Waals surface area contributed by atoms with Crippen LogP contribution in [0.5, 0.6) is 0 Å².